The third kappa shape index (κ3) is 4.87. The molecule has 0 aliphatic rings. The van der Waals surface area contributed by atoms with Crippen molar-refractivity contribution in [3.63, 3.8) is 0 Å². The Bertz CT molecular complexity index is 1280. The van der Waals surface area contributed by atoms with Crippen LogP contribution in [0.1, 0.15) is 15.9 Å². The summed E-state index contributed by atoms with van der Waals surface area (Å²) in [7, 11) is 1.58. The van der Waals surface area contributed by atoms with Crippen molar-refractivity contribution in [3.05, 3.63) is 96.1 Å². The van der Waals surface area contributed by atoms with Crippen LogP contribution in [0.25, 0.3) is 10.8 Å². The second-order valence-electron chi connectivity index (χ2n) is 7.33. The van der Waals surface area contributed by atoms with E-state index in [1.54, 1.807) is 55.6 Å². The lowest BCUT2D eigenvalue weighted by molar-refractivity contribution is 0.0962. The molecule has 3 N–H and O–H groups in total. The molecule has 0 spiro atoms. The lowest BCUT2D eigenvalue weighted by Gasteiger charge is -2.12. The number of hydrogen-bond donors (Lipinski definition) is 3. The minimum absolute atomic E-state index is 0.178. The average molecular weight is 425 g/mol. The van der Waals surface area contributed by atoms with Gasteiger partial charge in [-0.2, -0.15) is 0 Å². The molecule has 0 atom stereocenters. The van der Waals surface area contributed by atoms with Gasteiger partial charge in [-0.25, -0.2) is 4.79 Å². The molecule has 4 aromatic carbocycles. The molecule has 6 heteroatoms. The molecular formula is C26H23N3O3. The number of aryl methyl sites for hydroxylation is 1. The van der Waals surface area contributed by atoms with Gasteiger partial charge in [-0.05, 0) is 77.9 Å². The van der Waals surface area contributed by atoms with Crippen molar-refractivity contribution in [1.29, 1.82) is 0 Å². The number of amides is 3. The number of carbonyl (C=O) groups is 2. The van der Waals surface area contributed by atoms with Gasteiger partial charge in [-0.1, -0.05) is 30.3 Å². The van der Waals surface area contributed by atoms with Crippen LogP contribution in [0.2, 0.25) is 0 Å². The van der Waals surface area contributed by atoms with E-state index in [-0.39, 0.29) is 11.9 Å². The van der Waals surface area contributed by atoms with E-state index in [9.17, 15) is 9.59 Å². The van der Waals surface area contributed by atoms with Crippen LogP contribution in [0.4, 0.5) is 16.2 Å². The summed E-state index contributed by atoms with van der Waals surface area (Å²) in [6, 6.07) is 25.7. The van der Waals surface area contributed by atoms with E-state index in [1.165, 1.54) is 0 Å². The summed E-state index contributed by atoms with van der Waals surface area (Å²) >= 11 is 0. The summed E-state index contributed by atoms with van der Waals surface area (Å²) in [6.45, 7) is 1.97. The minimum Gasteiger partial charge on any atom is -0.457 e. The first-order chi connectivity index (χ1) is 15.5. The number of hydrogen-bond acceptors (Lipinski definition) is 3. The van der Waals surface area contributed by atoms with Crippen LogP contribution in [0, 0.1) is 6.92 Å². The number of benzene rings is 4. The van der Waals surface area contributed by atoms with Crippen molar-refractivity contribution < 1.29 is 14.3 Å². The number of rotatable bonds is 5. The fourth-order valence-electron chi connectivity index (χ4n) is 3.36. The summed E-state index contributed by atoms with van der Waals surface area (Å²) in [6.07, 6.45) is 0. The van der Waals surface area contributed by atoms with E-state index in [0.29, 0.717) is 22.7 Å². The predicted molar refractivity (Wildman–Crippen MR) is 128 cm³/mol. The van der Waals surface area contributed by atoms with Crippen LogP contribution >= 0.6 is 0 Å². The molecule has 4 rings (SSSR count). The maximum absolute atomic E-state index is 12.5. The molecular weight excluding hydrogens is 402 g/mol. The molecule has 0 radical (unpaired) electrons. The molecule has 4 aromatic rings. The highest BCUT2D eigenvalue weighted by Crippen LogP contribution is 2.25. The Labute approximate surface area is 186 Å². The lowest BCUT2D eigenvalue weighted by Crippen LogP contribution is -2.19. The van der Waals surface area contributed by atoms with Gasteiger partial charge in [0.1, 0.15) is 11.5 Å². The van der Waals surface area contributed by atoms with E-state index in [4.69, 9.17) is 4.74 Å². The highest BCUT2D eigenvalue weighted by Gasteiger charge is 2.08. The second-order valence-corrected chi connectivity index (χ2v) is 7.33. The Hall–Kier alpha value is -4.32. The highest BCUT2D eigenvalue weighted by molar-refractivity contribution is 6.02. The SMILES string of the molecule is CNC(=O)c1cccc(Oc2ccc(NC(=O)Nc3cc4ccccc4cc3C)cc2)c1. The lowest BCUT2D eigenvalue weighted by atomic mass is 10.1. The number of anilines is 2. The Morgan fingerprint density at radius 1 is 0.750 bits per heavy atom. The van der Waals surface area contributed by atoms with Crippen LogP contribution < -0.4 is 20.7 Å². The third-order valence-corrected chi connectivity index (χ3v) is 5.01. The largest absolute Gasteiger partial charge is 0.457 e. The van der Waals surface area contributed by atoms with Gasteiger partial charge in [-0.15, -0.1) is 0 Å². The van der Waals surface area contributed by atoms with E-state index >= 15 is 0 Å². The Morgan fingerprint density at radius 3 is 2.19 bits per heavy atom. The van der Waals surface area contributed by atoms with Crippen molar-refractivity contribution in [2.45, 2.75) is 6.92 Å². The number of urea groups is 1. The number of nitrogens with one attached hydrogen (secondary N) is 3. The summed E-state index contributed by atoms with van der Waals surface area (Å²) in [5, 5.41) is 10.5. The van der Waals surface area contributed by atoms with Crippen molar-refractivity contribution in [1.82, 2.24) is 5.32 Å². The second kappa shape index (κ2) is 9.22. The van der Waals surface area contributed by atoms with Crippen LogP contribution in [0.5, 0.6) is 11.5 Å². The van der Waals surface area contributed by atoms with Gasteiger partial charge in [-0.3, -0.25) is 4.79 Å². The van der Waals surface area contributed by atoms with Gasteiger partial charge in [0.25, 0.3) is 5.91 Å². The van der Waals surface area contributed by atoms with Gasteiger partial charge >= 0.3 is 6.03 Å². The number of ether oxygens (including phenoxy) is 1. The Morgan fingerprint density at radius 2 is 1.47 bits per heavy atom. The fraction of sp³-hybridized carbons (Fsp3) is 0.0769. The first-order valence-corrected chi connectivity index (χ1v) is 10.2. The van der Waals surface area contributed by atoms with Gasteiger partial charge in [0.05, 0.1) is 0 Å². The molecule has 0 fully saturated rings. The highest BCUT2D eigenvalue weighted by atomic mass is 16.5. The molecule has 160 valence electrons. The van der Waals surface area contributed by atoms with Crippen molar-refractivity contribution in [2.75, 3.05) is 17.7 Å². The van der Waals surface area contributed by atoms with E-state index in [2.05, 4.69) is 22.0 Å². The Kier molecular flexibility index (Phi) is 6.03. The summed E-state index contributed by atoms with van der Waals surface area (Å²) < 4.78 is 5.82. The third-order valence-electron chi connectivity index (χ3n) is 5.01. The predicted octanol–water partition coefficient (Wildman–Crippen LogP) is 5.94. The van der Waals surface area contributed by atoms with Crippen LogP contribution in [0.15, 0.2) is 84.9 Å². The van der Waals surface area contributed by atoms with Crippen LogP contribution in [-0.4, -0.2) is 19.0 Å². The first kappa shape index (κ1) is 20.9. The van der Waals surface area contributed by atoms with Gasteiger partial charge < -0.3 is 20.7 Å². The summed E-state index contributed by atoms with van der Waals surface area (Å²) in [4.78, 5) is 24.3. The van der Waals surface area contributed by atoms with Gasteiger partial charge in [0, 0.05) is 24.0 Å². The number of carbonyl (C=O) groups excluding carboxylic acids is 2. The quantitative estimate of drug-likeness (QED) is 0.370. The Balaban J connectivity index is 1.40. The molecule has 0 bridgehead atoms. The van der Waals surface area contributed by atoms with Gasteiger partial charge in [0.15, 0.2) is 0 Å². The molecule has 0 unspecified atom stereocenters. The average Bonchev–Trinajstić information content (AvgIpc) is 2.80. The van der Waals surface area contributed by atoms with Crippen LogP contribution in [0.3, 0.4) is 0 Å². The molecule has 0 saturated carbocycles. The zero-order valence-electron chi connectivity index (χ0n) is 17.8. The van der Waals surface area contributed by atoms with Crippen molar-refractivity contribution >= 4 is 34.1 Å². The number of fused-ring (bicyclic) bond motifs is 1. The maximum Gasteiger partial charge on any atom is 0.323 e. The smallest absolute Gasteiger partial charge is 0.323 e. The monoisotopic (exact) mass is 425 g/mol. The summed E-state index contributed by atoms with van der Waals surface area (Å²) in [5.74, 6) is 0.967. The minimum atomic E-state index is -0.324. The molecule has 0 aliphatic carbocycles. The van der Waals surface area contributed by atoms with Crippen molar-refractivity contribution in [2.24, 2.45) is 0 Å². The van der Waals surface area contributed by atoms with Crippen LogP contribution in [-0.2, 0) is 0 Å². The topological polar surface area (TPSA) is 79.5 Å². The van der Waals surface area contributed by atoms with E-state index < -0.39 is 0 Å². The first-order valence-electron chi connectivity index (χ1n) is 10.2. The molecule has 0 aromatic heterocycles. The van der Waals surface area contributed by atoms with Gasteiger partial charge in [0.2, 0.25) is 0 Å². The molecule has 0 saturated heterocycles. The zero-order chi connectivity index (χ0) is 22.5. The van der Waals surface area contributed by atoms with Crippen molar-refractivity contribution in [3.8, 4) is 11.5 Å². The molecule has 0 aliphatic heterocycles. The molecule has 6 nitrogen and oxygen atoms in total. The molecule has 32 heavy (non-hydrogen) atoms. The standard InChI is InChI=1S/C26H23N3O3/c1-17-14-18-6-3-4-7-19(18)16-24(17)29-26(31)28-21-10-12-22(13-11-21)32-23-9-5-8-20(15-23)25(30)27-2/h3-16H,1-2H3,(H,27,30)(H2,28,29,31). The fourth-order valence-corrected chi connectivity index (χ4v) is 3.36. The molecule has 3 amide bonds. The van der Waals surface area contributed by atoms with E-state index in [0.717, 1.165) is 22.0 Å². The maximum atomic E-state index is 12.5. The summed E-state index contributed by atoms with van der Waals surface area (Å²) in [5.41, 5.74) is 2.90. The van der Waals surface area contributed by atoms with E-state index in [1.807, 2.05) is 37.3 Å². The zero-order valence-corrected chi connectivity index (χ0v) is 17.8. The molecule has 0 heterocycles. The normalized spacial score (nSPS) is 10.4.